The first-order valence-corrected chi connectivity index (χ1v) is 4.81. The molecule has 0 aliphatic heterocycles. The minimum absolute atomic E-state index is 0. The van der Waals surface area contributed by atoms with Crippen molar-refractivity contribution >= 4 is 29.1 Å². The molecule has 0 saturated heterocycles. The molecule has 0 aromatic heterocycles. The zero-order valence-corrected chi connectivity index (χ0v) is 11.3. The molecule has 0 aromatic rings. The van der Waals surface area contributed by atoms with Gasteiger partial charge in [0, 0.05) is 12.4 Å². The Morgan fingerprint density at radius 2 is 1.25 bits per heavy atom. The second-order valence-electron chi connectivity index (χ2n) is 2.66. The number of hydrogen-bond donors (Lipinski definition) is 0. The van der Waals surface area contributed by atoms with E-state index in [9.17, 15) is 24.9 Å². The second-order valence-corrected chi connectivity index (χ2v) is 2.66. The Labute approximate surface area is 108 Å². The fourth-order valence-corrected chi connectivity index (χ4v) is 0.203. The van der Waals surface area contributed by atoms with Gasteiger partial charge in [-0.2, -0.15) is 0 Å². The van der Waals surface area contributed by atoms with Gasteiger partial charge in [-0.3, -0.25) is 4.79 Å². The first kappa shape index (κ1) is 24.7. The van der Waals surface area contributed by atoms with Crippen LogP contribution in [0.2, 0.25) is 0 Å². The van der Waals surface area contributed by atoms with E-state index in [4.69, 9.17) is 0 Å². The number of rotatable bonds is 4. The van der Waals surface area contributed by atoms with Crippen molar-refractivity contribution in [1.29, 1.82) is 0 Å². The summed E-state index contributed by atoms with van der Waals surface area (Å²) in [7, 11) is 0. The minimum atomic E-state index is -1.31. The molecule has 0 spiro atoms. The van der Waals surface area contributed by atoms with Crippen LogP contribution in [0.1, 0.15) is 40.0 Å². The van der Waals surface area contributed by atoms with Crippen molar-refractivity contribution < 1.29 is 24.9 Å². The van der Waals surface area contributed by atoms with Crippen LogP contribution < -0.4 is 15.3 Å². The molecule has 0 amide bonds. The summed E-state index contributed by atoms with van der Waals surface area (Å²) in [4.78, 5) is 19.3. The van der Waals surface area contributed by atoms with Gasteiger partial charge in [-0.05, 0) is 6.92 Å². The smallest absolute Gasteiger partial charge is 0.854 e. The van der Waals surface area contributed by atoms with Crippen LogP contribution in [0.25, 0.3) is 0 Å². The maximum absolute atomic E-state index is 9.83. The Morgan fingerprint density at radius 3 is 1.25 bits per heavy atom. The predicted octanol–water partition coefficient (Wildman–Crippen LogP) is -2.15. The summed E-state index contributed by atoms with van der Waals surface area (Å²) in [5.41, 5.74) is 0. The van der Waals surface area contributed by atoms with E-state index < -0.39 is 12.4 Å². The summed E-state index contributed by atoms with van der Waals surface area (Å²) < 4.78 is 0. The zero-order chi connectivity index (χ0) is 12.7. The molecule has 6 heteroatoms. The fourth-order valence-electron chi connectivity index (χ4n) is 0.203. The topological polar surface area (TPSA) is 103 Å². The summed E-state index contributed by atoms with van der Waals surface area (Å²) in [5, 5.41) is 28.1. The quantitative estimate of drug-likeness (QED) is 0.415. The van der Waals surface area contributed by atoms with Gasteiger partial charge in [0.15, 0.2) is 0 Å². The summed E-state index contributed by atoms with van der Waals surface area (Å²) in [6.45, 7) is 5.08. The van der Waals surface area contributed by atoms with Crippen molar-refractivity contribution in [2.24, 2.45) is 0 Å². The van der Waals surface area contributed by atoms with Gasteiger partial charge in [-0.25, -0.2) is 0 Å². The van der Waals surface area contributed by atoms with Gasteiger partial charge in [-0.1, -0.05) is 26.7 Å². The molecule has 0 aromatic carbocycles. The third-order valence-corrected chi connectivity index (χ3v) is 0.802. The SMILES string of the molecule is CC(=O)CC(=O)[O-].CCC[O-].CCC[O-].[Al+3]. The number of carboxylic acids is 1. The van der Waals surface area contributed by atoms with Crippen molar-refractivity contribution in [1.82, 2.24) is 0 Å². The molecule has 92 valence electrons. The van der Waals surface area contributed by atoms with E-state index in [1.807, 2.05) is 13.8 Å². The van der Waals surface area contributed by atoms with E-state index in [2.05, 4.69) is 0 Å². The molecule has 0 bridgehead atoms. The molecule has 5 nitrogen and oxygen atoms in total. The largest absolute Gasteiger partial charge is 3.00 e. The molecule has 0 saturated carbocycles. The van der Waals surface area contributed by atoms with E-state index in [0.29, 0.717) is 0 Å². The van der Waals surface area contributed by atoms with Crippen molar-refractivity contribution in [3.8, 4) is 0 Å². The van der Waals surface area contributed by atoms with Crippen LogP contribution in [-0.4, -0.2) is 42.3 Å². The monoisotopic (exact) mass is 246 g/mol. The first-order chi connectivity index (χ1) is 6.95. The zero-order valence-electron chi connectivity index (χ0n) is 10.2. The Hall–Kier alpha value is -0.408. The van der Waals surface area contributed by atoms with Gasteiger partial charge in [0.25, 0.3) is 0 Å². The molecular formula is C10H19AlO5. The van der Waals surface area contributed by atoms with Crippen molar-refractivity contribution in [2.75, 3.05) is 13.2 Å². The van der Waals surface area contributed by atoms with Crippen molar-refractivity contribution in [3.63, 3.8) is 0 Å². The second kappa shape index (κ2) is 24.0. The molecule has 0 heterocycles. The van der Waals surface area contributed by atoms with Crippen LogP contribution in [0.15, 0.2) is 0 Å². The number of carbonyl (C=O) groups is 2. The molecule has 0 fully saturated rings. The molecule has 0 radical (unpaired) electrons. The van der Waals surface area contributed by atoms with Gasteiger partial charge in [-0.15, -0.1) is 13.2 Å². The van der Waals surface area contributed by atoms with Gasteiger partial charge in [0.1, 0.15) is 5.78 Å². The fraction of sp³-hybridized carbons (Fsp3) is 0.800. The Kier molecular flexibility index (Phi) is 37.1. The molecule has 0 aliphatic rings. The van der Waals surface area contributed by atoms with Gasteiger partial charge >= 0.3 is 17.4 Å². The standard InChI is InChI=1S/C4H6O3.2C3H7O.Al/c1-3(5)2-4(6)7;2*1-2-3-4;/h2H2,1H3,(H,6,7);2*2-3H2,1H3;/q;2*-1;+3/p-1. The van der Waals surface area contributed by atoms with E-state index in [-0.39, 0.29) is 36.4 Å². The number of carboxylic acid groups (broad SMARTS) is 1. The Morgan fingerprint density at radius 1 is 1.00 bits per heavy atom. The van der Waals surface area contributed by atoms with Gasteiger partial charge < -0.3 is 20.1 Å². The van der Waals surface area contributed by atoms with Gasteiger partial charge in [0.05, 0.1) is 0 Å². The average molecular weight is 246 g/mol. The molecule has 0 unspecified atom stereocenters. The van der Waals surface area contributed by atoms with Crippen LogP contribution in [0.3, 0.4) is 0 Å². The Bertz CT molecular complexity index is 130. The Balaban J connectivity index is -0.0000000700. The number of hydrogen-bond acceptors (Lipinski definition) is 5. The summed E-state index contributed by atoms with van der Waals surface area (Å²) in [5.74, 6) is -1.69. The molecule has 16 heavy (non-hydrogen) atoms. The number of carbonyl (C=O) groups excluding carboxylic acids is 2. The van der Waals surface area contributed by atoms with Crippen molar-refractivity contribution in [2.45, 2.75) is 40.0 Å². The molecule has 0 aliphatic carbocycles. The number of aliphatic carboxylic acids is 1. The van der Waals surface area contributed by atoms with Crippen LogP contribution in [0.5, 0.6) is 0 Å². The first-order valence-electron chi connectivity index (χ1n) is 4.81. The van der Waals surface area contributed by atoms with Crippen LogP contribution in [0.4, 0.5) is 0 Å². The molecule has 0 atom stereocenters. The van der Waals surface area contributed by atoms with E-state index >= 15 is 0 Å². The van der Waals surface area contributed by atoms with Crippen LogP contribution >= 0.6 is 0 Å². The maximum atomic E-state index is 9.83. The predicted molar refractivity (Wildman–Crippen MR) is 56.4 cm³/mol. The average Bonchev–Trinajstić information content (AvgIpc) is 2.16. The van der Waals surface area contributed by atoms with Crippen LogP contribution in [0, 0.1) is 0 Å². The number of Topliss-reactive ketones (excluding diaryl/α,β-unsaturated/α-hetero) is 1. The molecule has 0 N–H and O–H groups in total. The third kappa shape index (κ3) is 68.9. The minimum Gasteiger partial charge on any atom is -0.854 e. The number of ketones is 1. The van der Waals surface area contributed by atoms with E-state index in [1.54, 1.807) is 0 Å². The summed E-state index contributed by atoms with van der Waals surface area (Å²) >= 11 is 0. The third-order valence-electron chi connectivity index (χ3n) is 0.802. The summed E-state index contributed by atoms with van der Waals surface area (Å²) in [6.07, 6.45) is 1.06. The van der Waals surface area contributed by atoms with E-state index in [0.717, 1.165) is 12.8 Å². The normalized spacial score (nSPS) is 7.31. The van der Waals surface area contributed by atoms with Gasteiger partial charge in [0.2, 0.25) is 0 Å². The molecule has 0 rings (SSSR count). The maximum Gasteiger partial charge on any atom is 3.00 e. The molecular weight excluding hydrogens is 227 g/mol. The summed E-state index contributed by atoms with van der Waals surface area (Å²) in [6, 6.07) is 0. The van der Waals surface area contributed by atoms with Crippen molar-refractivity contribution in [3.05, 3.63) is 0 Å². The van der Waals surface area contributed by atoms with E-state index in [1.165, 1.54) is 6.92 Å². The van der Waals surface area contributed by atoms with Crippen LogP contribution in [-0.2, 0) is 9.59 Å².